The van der Waals surface area contributed by atoms with Gasteiger partial charge in [0.15, 0.2) is 0 Å². The van der Waals surface area contributed by atoms with Crippen molar-refractivity contribution in [1.82, 2.24) is 9.13 Å². The van der Waals surface area contributed by atoms with Gasteiger partial charge < -0.3 is 9.30 Å². The molecule has 0 N–H and O–H groups in total. The summed E-state index contributed by atoms with van der Waals surface area (Å²) in [5.41, 5.74) is -0.0310. The highest BCUT2D eigenvalue weighted by Gasteiger charge is 2.23. The Morgan fingerprint density at radius 1 is 1.32 bits per heavy atom. The fourth-order valence-corrected chi connectivity index (χ4v) is 3.31. The molecule has 0 bridgehead atoms. The molecule has 5 nitrogen and oxygen atoms in total. The first-order valence-electron chi connectivity index (χ1n) is 7.85. The average Bonchev–Trinajstić information content (AvgIpc) is 2.60. The van der Waals surface area contributed by atoms with Crippen molar-refractivity contribution in [3.8, 4) is 23.8 Å². The van der Waals surface area contributed by atoms with E-state index in [2.05, 4.69) is 5.92 Å². The van der Waals surface area contributed by atoms with Crippen molar-refractivity contribution in [2.24, 2.45) is 7.05 Å². The Labute approximate surface area is 148 Å². The standard InChI is InChI=1S/C18H16ClFN2O3/c1-3-8-25-16-10-15(13(20)9-12(16)19)22-17(23)11-6-4-5-7-14(11)21(2)18(22)24/h1,9-10H,4-8H2,2H3. The molecule has 0 amide bonds. The van der Waals surface area contributed by atoms with Crippen LogP contribution in [0.2, 0.25) is 5.02 Å². The van der Waals surface area contributed by atoms with Crippen molar-refractivity contribution in [1.29, 1.82) is 0 Å². The van der Waals surface area contributed by atoms with Crippen LogP contribution in [0.25, 0.3) is 5.69 Å². The maximum atomic E-state index is 14.5. The zero-order valence-corrected chi connectivity index (χ0v) is 14.4. The molecule has 1 aliphatic rings. The number of benzene rings is 1. The van der Waals surface area contributed by atoms with E-state index < -0.39 is 17.1 Å². The van der Waals surface area contributed by atoms with E-state index in [0.29, 0.717) is 18.4 Å². The molecule has 0 fully saturated rings. The first-order valence-corrected chi connectivity index (χ1v) is 8.23. The van der Waals surface area contributed by atoms with Crippen LogP contribution in [0.3, 0.4) is 0 Å². The summed E-state index contributed by atoms with van der Waals surface area (Å²) in [4.78, 5) is 25.5. The maximum absolute atomic E-state index is 14.5. The molecule has 25 heavy (non-hydrogen) atoms. The number of ether oxygens (including phenoxy) is 1. The van der Waals surface area contributed by atoms with Gasteiger partial charge in [-0.3, -0.25) is 4.79 Å². The Morgan fingerprint density at radius 2 is 2.04 bits per heavy atom. The number of hydrogen-bond acceptors (Lipinski definition) is 3. The van der Waals surface area contributed by atoms with E-state index in [1.54, 1.807) is 7.05 Å². The van der Waals surface area contributed by atoms with Crippen molar-refractivity contribution >= 4 is 11.6 Å². The molecular formula is C18H16ClFN2O3. The second-order valence-corrected chi connectivity index (χ2v) is 6.25. The number of hydrogen-bond donors (Lipinski definition) is 0. The predicted molar refractivity (Wildman–Crippen MR) is 93.2 cm³/mol. The molecule has 0 saturated carbocycles. The predicted octanol–water partition coefficient (Wildman–Crippen LogP) is 2.22. The Hall–Kier alpha value is -2.52. The molecule has 7 heteroatoms. The second-order valence-electron chi connectivity index (χ2n) is 5.84. The number of halogens is 2. The molecule has 1 aromatic heterocycles. The van der Waals surface area contributed by atoms with Crippen molar-refractivity contribution in [3.63, 3.8) is 0 Å². The van der Waals surface area contributed by atoms with Gasteiger partial charge in [-0.25, -0.2) is 13.8 Å². The van der Waals surface area contributed by atoms with Gasteiger partial charge in [-0.15, -0.1) is 6.42 Å². The van der Waals surface area contributed by atoms with Crippen LogP contribution in [0.15, 0.2) is 21.7 Å². The van der Waals surface area contributed by atoms with Crippen LogP contribution in [0.4, 0.5) is 4.39 Å². The van der Waals surface area contributed by atoms with Crippen LogP contribution in [0.5, 0.6) is 5.75 Å². The van der Waals surface area contributed by atoms with Crippen molar-refractivity contribution in [3.05, 3.63) is 55.1 Å². The topological polar surface area (TPSA) is 53.2 Å². The third kappa shape index (κ3) is 2.96. The van der Waals surface area contributed by atoms with E-state index in [9.17, 15) is 14.0 Å². The summed E-state index contributed by atoms with van der Waals surface area (Å²) in [5.74, 6) is 1.61. The highest BCUT2D eigenvalue weighted by molar-refractivity contribution is 6.32. The lowest BCUT2D eigenvalue weighted by atomic mass is 9.97. The molecular weight excluding hydrogens is 347 g/mol. The fourth-order valence-electron chi connectivity index (χ4n) is 3.11. The lowest BCUT2D eigenvalue weighted by Crippen LogP contribution is -2.43. The van der Waals surface area contributed by atoms with Crippen LogP contribution in [-0.2, 0) is 19.9 Å². The molecule has 1 heterocycles. The molecule has 130 valence electrons. The summed E-state index contributed by atoms with van der Waals surface area (Å²) >= 11 is 5.95. The van der Waals surface area contributed by atoms with Crippen molar-refractivity contribution in [2.45, 2.75) is 25.7 Å². The van der Waals surface area contributed by atoms with Gasteiger partial charge in [-0.05, 0) is 31.7 Å². The summed E-state index contributed by atoms with van der Waals surface area (Å²) < 4.78 is 22.0. The Bertz CT molecular complexity index is 1000. The third-order valence-electron chi connectivity index (χ3n) is 4.34. The third-order valence-corrected chi connectivity index (χ3v) is 4.63. The molecule has 0 atom stereocenters. The van der Waals surface area contributed by atoms with Gasteiger partial charge in [-0.1, -0.05) is 17.5 Å². The number of nitrogens with zero attached hydrogens (tertiary/aromatic N) is 2. The minimum atomic E-state index is -0.784. The normalized spacial score (nSPS) is 13.2. The van der Waals surface area contributed by atoms with Crippen LogP contribution >= 0.6 is 11.6 Å². The second kappa shape index (κ2) is 6.77. The molecule has 0 saturated heterocycles. The van der Waals surface area contributed by atoms with Crippen LogP contribution in [0.1, 0.15) is 24.1 Å². The zero-order chi connectivity index (χ0) is 18.1. The van der Waals surface area contributed by atoms with E-state index in [0.717, 1.165) is 29.2 Å². The van der Waals surface area contributed by atoms with E-state index in [-0.39, 0.29) is 23.1 Å². The Kier molecular flexibility index (Phi) is 4.69. The van der Waals surface area contributed by atoms with E-state index >= 15 is 0 Å². The highest BCUT2D eigenvalue weighted by atomic mass is 35.5. The van der Waals surface area contributed by atoms with Crippen LogP contribution < -0.4 is 16.0 Å². The van der Waals surface area contributed by atoms with E-state index in [1.807, 2.05) is 0 Å². The van der Waals surface area contributed by atoms with Gasteiger partial charge in [0.05, 0.1) is 10.7 Å². The average molecular weight is 363 g/mol. The lowest BCUT2D eigenvalue weighted by molar-refractivity contribution is 0.369. The summed E-state index contributed by atoms with van der Waals surface area (Å²) in [7, 11) is 1.59. The molecule has 0 spiro atoms. The molecule has 0 unspecified atom stereocenters. The Morgan fingerprint density at radius 3 is 2.76 bits per heavy atom. The SMILES string of the molecule is C#CCOc1cc(-n2c(=O)c3c(n(C)c2=O)CCCC3)c(F)cc1Cl. The van der Waals surface area contributed by atoms with Gasteiger partial charge in [0.2, 0.25) is 0 Å². The summed E-state index contributed by atoms with van der Waals surface area (Å²) in [5, 5.41) is 0.0133. The smallest absolute Gasteiger partial charge is 0.335 e. The molecule has 1 aliphatic carbocycles. The monoisotopic (exact) mass is 362 g/mol. The minimum absolute atomic E-state index is 0.0133. The first kappa shape index (κ1) is 17.3. The van der Waals surface area contributed by atoms with Crippen molar-refractivity contribution < 1.29 is 9.13 Å². The largest absolute Gasteiger partial charge is 0.479 e. The molecule has 0 radical (unpaired) electrons. The zero-order valence-electron chi connectivity index (χ0n) is 13.6. The van der Waals surface area contributed by atoms with Crippen LogP contribution in [-0.4, -0.2) is 15.7 Å². The Balaban J connectivity index is 2.27. The van der Waals surface area contributed by atoms with Gasteiger partial charge in [0, 0.05) is 24.4 Å². The van der Waals surface area contributed by atoms with E-state index in [4.69, 9.17) is 22.8 Å². The lowest BCUT2D eigenvalue weighted by Gasteiger charge is -2.20. The highest BCUT2D eigenvalue weighted by Crippen LogP contribution is 2.29. The van der Waals surface area contributed by atoms with E-state index in [1.165, 1.54) is 10.6 Å². The summed E-state index contributed by atoms with van der Waals surface area (Å²) in [6.07, 6.45) is 8.16. The number of fused-ring (bicyclic) bond motifs is 1. The first-order chi connectivity index (χ1) is 12.0. The fraction of sp³-hybridized carbons (Fsp3) is 0.333. The van der Waals surface area contributed by atoms with Crippen molar-refractivity contribution in [2.75, 3.05) is 6.61 Å². The molecule has 0 aliphatic heterocycles. The van der Waals surface area contributed by atoms with Gasteiger partial charge in [0.1, 0.15) is 18.2 Å². The molecule has 2 aromatic rings. The maximum Gasteiger partial charge on any atom is 0.335 e. The minimum Gasteiger partial charge on any atom is -0.479 e. The quantitative estimate of drug-likeness (QED) is 0.787. The molecule has 1 aromatic carbocycles. The molecule has 3 rings (SSSR count). The van der Waals surface area contributed by atoms with Crippen LogP contribution in [0, 0.1) is 18.2 Å². The van der Waals surface area contributed by atoms with Gasteiger partial charge >= 0.3 is 5.69 Å². The number of aromatic nitrogens is 2. The van der Waals surface area contributed by atoms with Gasteiger partial charge in [-0.2, -0.15) is 0 Å². The number of terminal acetylenes is 1. The number of rotatable bonds is 3. The van der Waals surface area contributed by atoms with Gasteiger partial charge in [0.25, 0.3) is 5.56 Å². The summed E-state index contributed by atoms with van der Waals surface area (Å²) in [6, 6.07) is 2.24. The summed E-state index contributed by atoms with van der Waals surface area (Å²) in [6.45, 7) is -0.0676.